The Kier molecular flexibility index (Phi) is 3.52. The highest BCUT2D eigenvalue weighted by Crippen LogP contribution is 2.47. The number of nitrogens with one attached hydrogen (secondary N) is 1. The molecule has 0 aliphatic heterocycles. The van der Waals surface area contributed by atoms with E-state index in [0.717, 1.165) is 12.8 Å². The lowest BCUT2D eigenvalue weighted by molar-refractivity contribution is 0.0941. The number of anilines is 1. The lowest BCUT2D eigenvalue weighted by Gasteiger charge is -2.15. The van der Waals surface area contributed by atoms with Crippen molar-refractivity contribution >= 4 is 11.6 Å². The van der Waals surface area contributed by atoms with Gasteiger partial charge < -0.3 is 16.2 Å². The van der Waals surface area contributed by atoms with Gasteiger partial charge in [0.2, 0.25) is 0 Å². The van der Waals surface area contributed by atoms with Crippen LogP contribution in [0.4, 0.5) is 10.1 Å². The molecule has 1 aromatic rings. The first kappa shape index (κ1) is 12.8. The zero-order chi connectivity index (χ0) is 13.2. The second-order valence-corrected chi connectivity index (χ2v) is 4.86. The molecule has 0 heterocycles. The van der Waals surface area contributed by atoms with Crippen LogP contribution in [0.3, 0.4) is 0 Å². The molecule has 1 aliphatic carbocycles. The second kappa shape index (κ2) is 4.94. The van der Waals surface area contributed by atoms with Crippen molar-refractivity contribution in [3.05, 3.63) is 29.6 Å². The van der Waals surface area contributed by atoms with Gasteiger partial charge in [-0.2, -0.15) is 0 Å². The largest absolute Gasteiger partial charge is 0.396 e. The molecule has 2 rings (SSSR count). The van der Waals surface area contributed by atoms with Crippen molar-refractivity contribution in [1.82, 2.24) is 5.32 Å². The predicted molar refractivity (Wildman–Crippen MR) is 66.5 cm³/mol. The Hall–Kier alpha value is -1.62. The van der Waals surface area contributed by atoms with Crippen LogP contribution >= 0.6 is 0 Å². The van der Waals surface area contributed by atoms with E-state index in [1.165, 1.54) is 18.2 Å². The van der Waals surface area contributed by atoms with Crippen molar-refractivity contribution in [3.63, 3.8) is 0 Å². The Morgan fingerprint density at radius 1 is 1.50 bits per heavy atom. The Morgan fingerprint density at radius 2 is 2.22 bits per heavy atom. The first-order valence-corrected chi connectivity index (χ1v) is 6.01. The number of rotatable bonds is 5. The van der Waals surface area contributed by atoms with E-state index >= 15 is 0 Å². The Bertz CT molecular complexity index is 458. The van der Waals surface area contributed by atoms with Crippen LogP contribution in [0.2, 0.25) is 0 Å². The highest BCUT2D eigenvalue weighted by atomic mass is 19.1. The van der Waals surface area contributed by atoms with E-state index in [0.29, 0.717) is 13.0 Å². The van der Waals surface area contributed by atoms with Crippen molar-refractivity contribution in [2.24, 2.45) is 5.41 Å². The Balaban J connectivity index is 1.98. The van der Waals surface area contributed by atoms with Gasteiger partial charge >= 0.3 is 0 Å². The minimum atomic E-state index is -0.584. The van der Waals surface area contributed by atoms with Gasteiger partial charge in [-0.1, -0.05) is 6.07 Å². The maximum absolute atomic E-state index is 13.2. The number of para-hydroxylation sites is 1. The third kappa shape index (κ3) is 2.61. The molecule has 0 spiro atoms. The molecule has 1 aromatic carbocycles. The highest BCUT2D eigenvalue weighted by Gasteiger charge is 2.41. The van der Waals surface area contributed by atoms with Gasteiger partial charge in [-0.15, -0.1) is 0 Å². The fourth-order valence-corrected chi connectivity index (χ4v) is 2.03. The van der Waals surface area contributed by atoms with Crippen molar-refractivity contribution in [3.8, 4) is 0 Å². The van der Waals surface area contributed by atoms with Gasteiger partial charge in [-0.25, -0.2) is 4.39 Å². The van der Waals surface area contributed by atoms with Gasteiger partial charge in [0, 0.05) is 13.2 Å². The third-order valence-electron chi connectivity index (χ3n) is 3.52. The van der Waals surface area contributed by atoms with Gasteiger partial charge in [-0.3, -0.25) is 4.79 Å². The van der Waals surface area contributed by atoms with E-state index < -0.39 is 5.82 Å². The standard InChI is InChI=1S/C13H17FN2O2/c14-10-3-1-2-9(11(10)15)12(18)16-8-13(4-5-13)6-7-17/h1-3,17H,4-8,15H2,(H,16,18). The first-order chi connectivity index (χ1) is 8.58. The number of hydrogen-bond donors (Lipinski definition) is 3. The Morgan fingerprint density at radius 3 is 2.83 bits per heavy atom. The average molecular weight is 252 g/mol. The van der Waals surface area contributed by atoms with E-state index in [1.54, 1.807) is 0 Å². The lowest BCUT2D eigenvalue weighted by atomic mass is 10.0. The molecule has 98 valence electrons. The topological polar surface area (TPSA) is 75.4 Å². The van der Waals surface area contributed by atoms with E-state index in [1.807, 2.05) is 0 Å². The summed E-state index contributed by atoms with van der Waals surface area (Å²) in [5, 5.41) is 11.7. The molecule has 5 heteroatoms. The molecule has 0 radical (unpaired) electrons. The first-order valence-electron chi connectivity index (χ1n) is 6.01. The third-order valence-corrected chi connectivity index (χ3v) is 3.52. The van der Waals surface area contributed by atoms with Gasteiger partial charge in [0.25, 0.3) is 5.91 Å². The number of nitrogen functional groups attached to an aromatic ring is 1. The summed E-state index contributed by atoms with van der Waals surface area (Å²) >= 11 is 0. The molecule has 0 unspecified atom stereocenters. The van der Waals surface area contributed by atoms with Crippen LogP contribution < -0.4 is 11.1 Å². The molecule has 4 N–H and O–H groups in total. The number of benzene rings is 1. The summed E-state index contributed by atoms with van der Waals surface area (Å²) in [6.07, 6.45) is 2.70. The van der Waals surface area contributed by atoms with Crippen LogP contribution in [0.15, 0.2) is 18.2 Å². The zero-order valence-corrected chi connectivity index (χ0v) is 10.1. The van der Waals surface area contributed by atoms with Crippen LogP contribution in [0.1, 0.15) is 29.6 Å². The second-order valence-electron chi connectivity index (χ2n) is 4.86. The summed E-state index contributed by atoms with van der Waals surface area (Å²) in [7, 11) is 0. The summed E-state index contributed by atoms with van der Waals surface area (Å²) in [6, 6.07) is 4.18. The van der Waals surface area contributed by atoms with Crippen LogP contribution in [-0.4, -0.2) is 24.2 Å². The van der Waals surface area contributed by atoms with E-state index in [9.17, 15) is 9.18 Å². The van der Waals surface area contributed by atoms with E-state index in [2.05, 4.69) is 5.32 Å². The van der Waals surface area contributed by atoms with Crippen LogP contribution in [-0.2, 0) is 0 Å². The van der Waals surface area contributed by atoms with Gasteiger partial charge in [0.1, 0.15) is 5.82 Å². The molecule has 0 aromatic heterocycles. The van der Waals surface area contributed by atoms with Crippen molar-refractivity contribution in [2.75, 3.05) is 18.9 Å². The van der Waals surface area contributed by atoms with E-state index in [4.69, 9.17) is 10.8 Å². The van der Waals surface area contributed by atoms with Crippen LogP contribution in [0, 0.1) is 11.2 Å². The summed E-state index contributed by atoms with van der Waals surface area (Å²) in [4.78, 5) is 11.9. The number of carbonyl (C=O) groups excluding carboxylic acids is 1. The van der Waals surface area contributed by atoms with Crippen molar-refractivity contribution < 1.29 is 14.3 Å². The summed E-state index contributed by atoms with van der Waals surface area (Å²) < 4.78 is 13.2. The number of hydrogen-bond acceptors (Lipinski definition) is 3. The molecular formula is C13H17FN2O2. The molecule has 18 heavy (non-hydrogen) atoms. The molecule has 1 aliphatic rings. The van der Waals surface area contributed by atoms with Crippen molar-refractivity contribution in [2.45, 2.75) is 19.3 Å². The molecular weight excluding hydrogens is 235 g/mol. The lowest BCUT2D eigenvalue weighted by Crippen LogP contribution is -2.31. The van der Waals surface area contributed by atoms with Crippen molar-refractivity contribution in [1.29, 1.82) is 0 Å². The SMILES string of the molecule is Nc1c(F)cccc1C(=O)NCC1(CCO)CC1. The minimum absolute atomic E-state index is 0.0342. The highest BCUT2D eigenvalue weighted by molar-refractivity contribution is 5.99. The monoisotopic (exact) mass is 252 g/mol. The molecule has 0 atom stereocenters. The van der Waals surface area contributed by atoms with Gasteiger partial charge in [0.05, 0.1) is 11.3 Å². The van der Waals surface area contributed by atoms with Crippen LogP contribution in [0.5, 0.6) is 0 Å². The van der Waals surface area contributed by atoms with Gasteiger partial charge in [-0.05, 0) is 36.8 Å². The fraction of sp³-hybridized carbons (Fsp3) is 0.462. The molecule has 1 amide bonds. The maximum Gasteiger partial charge on any atom is 0.253 e. The summed E-state index contributed by atoms with van der Waals surface area (Å²) in [5.41, 5.74) is 5.59. The van der Waals surface area contributed by atoms with Crippen LogP contribution in [0.25, 0.3) is 0 Å². The smallest absolute Gasteiger partial charge is 0.253 e. The summed E-state index contributed by atoms with van der Waals surface area (Å²) in [6.45, 7) is 0.625. The molecule has 0 bridgehead atoms. The normalized spacial score (nSPS) is 16.3. The molecule has 1 fully saturated rings. The molecule has 4 nitrogen and oxygen atoms in total. The molecule has 1 saturated carbocycles. The maximum atomic E-state index is 13.2. The number of halogens is 1. The quantitative estimate of drug-likeness (QED) is 0.691. The minimum Gasteiger partial charge on any atom is -0.396 e. The predicted octanol–water partition coefficient (Wildman–Crippen LogP) is 1.30. The number of aliphatic hydroxyl groups excluding tert-OH is 1. The zero-order valence-electron chi connectivity index (χ0n) is 10.1. The number of carbonyl (C=O) groups is 1. The van der Waals surface area contributed by atoms with Gasteiger partial charge in [0.15, 0.2) is 0 Å². The number of nitrogens with two attached hydrogens (primary N) is 1. The fourth-order valence-electron chi connectivity index (χ4n) is 2.03. The average Bonchev–Trinajstić information content (AvgIpc) is 3.11. The van der Waals surface area contributed by atoms with E-state index in [-0.39, 0.29) is 29.2 Å². The Labute approximate surface area is 105 Å². The molecule has 0 saturated heterocycles. The number of amides is 1. The summed E-state index contributed by atoms with van der Waals surface area (Å²) in [5.74, 6) is -0.949. The number of aliphatic hydroxyl groups is 1.